The van der Waals surface area contributed by atoms with Gasteiger partial charge in [-0.3, -0.25) is 9.88 Å². The van der Waals surface area contributed by atoms with Crippen LogP contribution in [0.3, 0.4) is 0 Å². The van der Waals surface area contributed by atoms with Crippen LogP contribution in [0.15, 0.2) is 42.9 Å². The van der Waals surface area contributed by atoms with Gasteiger partial charge in [0, 0.05) is 11.8 Å². The summed E-state index contributed by atoms with van der Waals surface area (Å²) in [4.78, 5) is 4.38. The molecule has 82 valence electrons. The Bertz CT molecular complexity index is 488. The monoisotopic (exact) mass is 215 g/mol. The third kappa shape index (κ3) is 1.43. The first-order valence-corrected chi connectivity index (χ1v) is 5.27. The number of likely N-dealkylation sites (N-methyl/N-ethyl adjacent to an activating group) is 1. The van der Waals surface area contributed by atoms with Crippen molar-refractivity contribution in [3.8, 4) is 11.3 Å². The highest BCUT2D eigenvalue weighted by Crippen LogP contribution is 2.30. The highest BCUT2D eigenvalue weighted by molar-refractivity contribution is 5.57. The van der Waals surface area contributed by atoms with Crippen LogP contribution in [0.4, 0.5) is 0 Å². The summed E-state index contributed by atoms with van der Waals surface area (Å²) >= 11 is 0. The Morgan fingerprint density at radius 1 is 1.38 bits per heavy atom. The van der Waals surface area contributed by atoms with Gasteiger partial charge in [-0.2, -0.15) is 0 Å². The van der Waals surface area contributed by atoms with Gasteiger partial charge in [-0.05, 0) is 7.05 Å². The molecule has 1 N–H and O–H groups in total. The molecular formula is C12H13N3O. The zero-order valence-electron chi connectivity index (χ0n) is 9.05. The van der Waals surface area contributed by atoms with E-state index in [2.05, 4.69) is 10.3 Å². The topological polar surface area (TPSA) is 42.4 Å². The zero-order chi connectivity index (χ0) is 11.0. The fourth-order valence-corrected chi connectivity index (χ4v) is 1.77. The van der Waals surface area contributed by atoms with Crippen LogP contribution in [0, 0.1) is 0 Å². The van der Waals surface area contributed by atoms with Gasteiger partial charge in [0.15, 0.2) is 0 Å². The standard InChI is InChI=1S/C12H13N3O/c1-13-12(8-16-12)15-7-11(14-9-15)10-5-3-2-4-6-10/h2-7,9,13H,8H2,1H3/t12-/m1/s1. The van der Waals surface area contributed by atoms with Crippen molar-refractivity contribution < 1.29 is 4.74 Å². The van der Waals surface area contributed by atoms with E-state index >= 15 is 0 Å². The summed E-state index contributed by atoms with van der Waals surface area (Å²) in [7, 11) is 1.88. The minimum absolute atomic E-state index is 0.361. The summed E-state index contributed by atoms with van der Waals surface area (Å²) in [5.74, 6) is -0.361. The molecule has 0 bridgehead atoms. The first kappa shape index (κ1) is 9.57. The minimum Gasteiger partial charge on any atom is -0.334 e. The first-order chi connectivity index (χ1) is 7.84. The largest absolute Gasteiger partial charge is 0.334 e. The van der Waals surface area contributed by atoms with Gasteiger partial charge in [0.25, 0.3) is 0 Å². The number of epoxide rings is 1. The van der Waals surface area contributed by atoms with Crippen LogP contribution < -0.4 is 5.32 Å². The molecule has 0 spiro atoms. The molecule has 1 aromatic heterocycles. The van der Waals surface area contributed by atoms with E-state index in [4.69, 9.17) is 4.74 Å². The second-order valence-electron chi connectivity index (χ2n) is 3.86. The van der Waals surface area contributed by atoms with Crippen molar-refractivity contribution in [2.75, 3.05) is 13.7 Å². The smallest absolute Gasteiger partial charge is 0.227 e. The van der Waals surface area contributed by atoms with Crippen molar-refractivity contribution >= 4 is 0 Å². The number of hydrogen-bond acceptors (Lipinski definition) is 3. The van der Waals surface area contributed by atoms with Crippen molar-refractivity contribution in [3.63, 3.8) is 0 Å². The number of benzene rings is 1. The fourth-order valence-electron chi connectivity index (χ4n) is 1.77. The number of ether oxygens (including phenoxy) is 1. The molecule has 0 amide bonds. The molecule has 0 aliphatic carbocycles. The lowest BCUT2D eigenvalue weighted by Gasteiger charge is -2.10. The molecule has 2 heterocycles. The Balaban J connectivity index is 1.94. The number of nitrogens with zero attached hydrogens (tertiary/aromatic N) is 2. The molecule has 1 saturated heterocycles. The van der Waals surface area contributed by atoms with E-state index in [1.54, 1.807) is 6.33 Å². The summed E-state index contributed by atoms with van der Waals surface area (Å²) in [5, 5.41) is 3.13. The lowest BCUT2D eigenvalue weighted by molar-refractivity contribution is 0.188. The Kier molecular flexibility index (Phi) is 2.05. The van der Waals surface area contributed by atoms with E-state index in [0.717, 1.165) is 11.3 Å². The van der Waals surface area contributed by atoms with Crippen LogP contribution in [-0.4, -0.2) is 23.2 Å². The molecule has 2 aromatic rings. The molecule has 4 heteroatoms. The van der Waals surface area contributed by atoms with Crippen LogP contribution in [-0.2, 0) is 10.6 Å². The second-order valence-corrected chi connectivity index (χ2v) is 3.86. The molecule has 1 atom stereocenters. The Morgan fingerprint density at radius 2 is 2.12 bits per heavy atom. The molecule has 4 nitrogen and oxygen atoms in total. The van der Waals surface area contributed by atoms with E-state index in [1.807, 2.05) is 48.1 Å². The number of imidazole rings is 1. The normalized spacial score (nSPS) is 23.3. The molecule has 1 aromatic carbocycles. The maximum atomic E-state index is 5.39. The van der Waals surface area contributed by atoms with Gasteiger partial charge in [-0.15, -0.1) is 0 Å². The molecule has 3 rings (SSSR count). The quantitative estimate of drug-likeness (QED) is 0.787. The third-order valence-electron chi connectivity index (χ3n) is 2.88. The minimum atomic E-state index is -0.361. The lowest BCUT2D eigenvalue weighted by Crippen LogP contribution is -2.32. The van der Waals surface area contributed by atoms with Crippen LogP contribution >= 0.6 is 0 Å². The average molecular weight is 215 g/mol. The van der Waals surface area contributed by atoms with E-state index in [1.165, 1.54) is 0 Å². The van der Waals surface area contributed by atoms with Crippen molar-refractivity contribution in [3.05, 3.63) is 42.9 Å². The van der Waals surface area contributed by atoms with Gasteiger partial charge < -0.3 is 4.74 Å². The predicted octanol–water partition coefficient (Wildman–Crippen LogP) is 1.41. The maximum Gasteiger partial charge on any atom is 0.227 e. The number of rotatable bonds is 3. The molecule has 0 saturated carbocycles. The number of hydrogen-bond donors (Lipinski definition) is 1. The molecule has 0 unspecified atom stereocenters. The van der Waals surface area contributed by atoms with Crippen molar-refractivity contribution in [2.45, 2.75) is 5.85 Å². The third-order valence-corrected chi connectivity index (χ3v) is 2.88. The first-order valence-electron chi connectivity index (χ1n) is 5.27. The molecular weight excluding hydrogens is 202 g/mol. The average Bonchev–Trinajstić information content (AvgIpc) is 3.00. The Labute approximate surface area is 93.9 Å². The molecule has 1 aliphatic heterocycles. The van der Waals surface area contributed by atoms with Crippen LogP contribution in [0.1, 0.15) is 0 Å². The highest BCUT2D eigenvalue weighted by atomic mass is 16.6. The molecule has 16 heavy (non-hydrogen) atoms. The summed E-state index contributed by atoms with van der Waals surface area (Å²) in [6.07, 6.45) is 3.80. The predicted molar refractivity (Wildman–Crippen MR) is 60.6 cm³/mol. The van der Waals surface area contributed by atoms with Crippen molar-refractivity contribution in [2.24, 2.45) is 0 Å². The Hall–Kier alpha value is -1.65. The van der Waals surface area contributed by atoms with Crippen molar-refractivity contribution in [1.82, 2.24) is 14.9 Å². The van der Waals surface area contributed by atoms with Crippen LogP contribution in [0.25, 0.3) is 11.3 Å². The van der Waals surface area contributed by atoms with Gasteiger partial charge in [0.05, 0.1) is 12.0 Å². The van der Waals surface area contributed by atoms with E-state index in [0.29, 0.717) is 6.61 Å². The van der Waals surface area contributed by atoms with Crippen molar-refractivity contribution in [1.29, 1.82) is 0 Å². The van der Waals surface area contributed by atoms with Gasteiger partial charge in [-0.1, -0.05) is 30.3 Å². The van der Waals surface area contributed by atoms with E-state index in [-0.39, 0.29) is 5.85 Å². The SMILES string of the molecule is CN[C@@]1(n2cnc(-c3ccccc3)c2)CO1. The van der Waals surface area contributed by atoms with Crippen LogP contribution in [0.2, 0.25) is 0 Å². The zero-order valence-corrected chi connectivity index (χ0v) is 9.05. The van der Waals surface area contributed by atoms with Gasteiger partial charge >= 0.3 is 0 Å². The van der Waals surface area contributed by atoms with Crippen LogP contribution in [0.5, 0.6) is 0 Å². The van der Waals surface area contributed by atoms with Gasteiger partial charge in [0.2, 0.25) is 5.85 Å². The summed E-state index contributed by atoms with van der Waals surface area (Å²) in [6, 6.07) is 10.1. The fraction of sp³-hybridized carbons (Fsp3) is 0.250. The summed E-state index contributed by atoms with van der Waals surface area (Å²) in [6.45, 7) is 0.689. The molecule has 1 fully saturated rings. The Morgan fingerprint density at radius 3 is 2.75 bits per heavy atom. The van der Waals surface area contributed by atoms with Gasteiger partial charge in [-0.25, -0.2) is 4.98 Å². The van der Waals surface area contributed by atoms with E-state index in [9.17, 15) is 0 Å². The number of aromatic nitrogens is 2. The highest BCUT2D eigenvalue weighted by Gasteiger charge is 2.45. The number of nitrogens with one attached hydrogen (secondary N) is 1. The molecule has 0 radical (unpaired) electrons. The maximum absolute atomic E-state index is 5.39. The van der Waals surface area contributed by atoms with E-state index < -0.39 is 0 Å². The lowest BCUT2D eigenvalue weighted by atomic mass is 10.2. The summed E-state index contributed by atoms with van der Waals surface area (Å²) < 4.78 is 7.36. The summed E-state index contributed by atoms with van der Waals surface area (Å²) in [5.41, 5.74) is 2.08. The van der Waals surface area contributed by atoms with Gasteiger partial charge in [0.1, 0.15) is 6.61 Å². The second kappa shape index (κ2) is 3.43. The molecule has 1 aliphatic rings.